The number of nitrogens with zero attached hydrogens (tertiary/aromatic N) is 2. The summed E-state index contributed by atoms with van der Waals surface area (Å²) in [4.78, 5) is 38.1. The van der Waals surface area contributed by atoms with Crippen molar-refractivity contribution in [2.75, 3.05) is 35.7 Å². The first-order chi connectivity index (χ1) is 16.9. The second-order valence-corrected chi connectivity index (χ2v) is 8.24. The lowest BCUT2D eigenvalue weighted by Crippen LogP contribution is -2.26. The topological polar surface area (TPSA) is 114 Å². The van der Waals surface area contributed by atoms with Crippen LogP contribution in [0.1, 0.15) is 33.6 Å². The van der Waals surface area contributed by atoms with Gasteiger partial charge in [0.15, 0.2) is 0 Å². The molecule has 1 atom stereocenters. The zero-order valence-electron chi connectivity index (χ0n) is 19.3. The lowest BCUT2D eigenvalue weighted by molar-refractivity contribution is -0.384. The van der Waals surface area contributed by atoms with E-state index in [0.717, 1.165) is 18.5 Å². The summed E-state index contributed by atoms with van der Waals surface area (Å²) in [5.41, 5.74) is 2.02. The van der Waals surface area contributed by atoms with Crippen molar-refractivity contribution in [3.63, 3.8) is 0 Å². The van der Waals surface area contributed by atoms with E-state index in [-0.39, 0.29) is 23.3 Å². The van der Waals surface area contributed by atoms with E-state index in [2.05, 4.69) is 10.6 Å². The molecule has 0 saturated carbocycles. The van der Waals surface area contributed by atoms with Gasteiger partial charge in [0.05, 0.1) is 11.0 Å². The van der Waals surface area contributed by atoms with Gasteiger partial charge in [0.1, 0.15) is 5.69 Å². The number of nitro benzene ring substituents is 1. The van der Waals surface area contributed by atoms with Gasteiger partial charge in [0, 0.05) is 48.8 Å². The first-order valence-corrected chi connectivity index (χ1v) is 11.3. The second-order valence-electron chi connectivity index (χ2n) is 8.24. The Labute approximate surface area is 202 Å². The molecule has 2 N–H and O–H groups in total. The van der Waals surface area contributed by atoms with Crippen LogP contribution >= 0.6 is 0 Å². The summed E-state index contributed by atoms with van der Waals surface area (Å²) < 4.78 is 5.54. The van der Waals surface area contributed by atoms with E-state index in [4.69, 9.17) is 4.74 Å². The molecule has 1 heterocycles. The second kappa shape index (κ2) is 10.8. The predicted octanol–water partition coefficient (Wildman–Crippen LogP) is 4.71. The number of amides is 2. The van der Waals surface area contributed by atoms with Crippen LogP contribution < -0.4 is 15.5 Å². The van der Waals surface area contributed by atoms with Gasteiger partial charge in [0.2, 0.25) is 0 Å². The Morgan fingerprint density at radius 3 is 2.43 bits per heavy atom. The predicted molar refractivity (Wildman–Crippen MR) is 134 cm³/mol. The molecule has 0 radical (unpaired) electrons. The third-order valence-electron chi connectivity index (χ3n) is 5.84. The standard InChI is InChI=1S/C26H26N4O5/c1-29(21-6-3-2-4-7-21)26(32)18-9-12-20(13-10-18)28-25(31)19-11-14-23(24(16-19)30(33)34)27-17-22-8-5-15-35-22/h2-4,6-7,9-14,16,22,27H,5,8,15,17H2,1H3,(H,28,31)/t22-/m1/s1. The van der Waals surface area contributed by atoms with E-state index < -0.39 is 10.8 Å². The maximum absolute atomic E-state index is 12.7. The van der Waals surface area contributed by atoms with Gasteiger partial charge < -0.3 is 20.3 Å². The Kier molecular flexibility index (Phi) is 7.37. The van der Waals surface area contributed by atoms with Crippen LogP contribution in [0.15, 0.2) is 72.8 Å². The molecule has 0 unspecified atom stereocenters. The van der Waals surface area contributed by atoms with Crippen LogP contribution in [-0.2, 0) is 4.74 Å². The van der Waals surface area contributed by atoms with E-state index in [1.54, 1.807) is 36.2 Å². The Hall–Kier alpha value is -4.24. The van der Waals surface area contributed by atoms with Crippen molar-refractivity contribution in [3.8, 4) is 0 Å². The molecule has 4 rings (SSSR count). The molecular formula is C26H26N4O5. The maximum atomic E-state index is 12.7. The number of carbonyl (C=O) groups is 2. The molecule has 0 spiro atoms. The Morgan fingerprint density at radius 2 is 1.77 bits per heavy atom. The molecule has 0 aromatic heterocycles. The molecule has 1 saturated heterocycles. The number of anilines is 3. The summed E-state index contributed by atoms with van der Waals surface area (Å²) in [5.74, 6) is -0.671. The maximum Gasteiger partial charge on any atom is 0.293 e. The van der Waals surface area contributed by atoms with E-state index in [1.807, 2.05) is 30.3 Å². The quantitative estimate of drug-likeness (QED) is 0.361. The number of ether oxygens (including phenoxy) is 1. The van der Waals surface area contributed by atoms with Gasteiger partial charge in [0.25, 0.3) is 17.5 Å². The summed E-state index contributed by atoms with van der Waals surface area (Å²) in [6.07, 6.45) is 1.92. The van der Waals surface area contributed by atoms with Gasteiger partial charge in [-0.05, 0) is 61.4 Å². The van der Waals surface area contributed by atoms with Crippen LogP contribution in [0.4, 0.5) is 22.7 Å². The lowest BCUT2D eigenvalue weighted by atomic mass is 10.1. The molecule has 180 valence electrons. The average molecular weight is 475 g/mol. The highest BCUT2D eigenvalue weighted by atomic mass is 16.6. The SMILES string of the molecule is CN(C(=O)c1ccc(NC(=O)c2ccc(NC[C@H]3CCCO3)c([N+](=O)[O-])c2)cc1)c1ccccc1. The molecule has 1 fully saturated rings. The Morgan fingerprint density at radius 1 is 1.06 bits per heavy atom. The third-order valence-corrected chi connectivity index (χ3v) is 5.84. The van der Waals surface area contributed by atoms with Gasteiger partial charge in [-0.1, -0.05) is 18.2 Å². The van der Waals surface area contributed by atoms with Crippen LogP contribution in [-0.4, -0.2) is 43.0 Å². The Bertz CT molecular complexity index is 1210. The van der Waals surface area contributed by atoms with Gasteiger partial charge in [-0.2, -0.15) is 0 Å². The highest BCUT2D eigenvalue weighted by molar-refractivity contribution is 6.07. The molecule has 9 nitrogen and oxygen atoms in total. The third kappa shape index (κ3) is 5.82. The van der Waals surface area contributed by atoms with Gasteiger partial charge in [-0.25, -0.2) is 0 Å². The molecule has 3 aromatic rings. The van der Waals surface area contributed by atoms with Gasteiger partial charge in [-0.15, -0.1) is 0 Å². The number of hydrogen-bond acceptors (Lipinski definition) is 6. The smallest absolute Gasteiger partial charge is 0.293 e. The van der Waals surface area contributed by atoms with E-state index >= 15 is 0 Å². The van der Waals surface area contributed by atoms with E-state index in [1.165, 1.54) is 18.2 Å². The summed E-state index contributed by atoms with van der Waals surface area (Å²) in [5, 5.41) is 17.4. The number of benzene rings is 3. The zero-order valence-corrected chi connectivity index (χ0v) is 19.3. The van der Waals surface area contributed by atoms with Gasteiger partial charge in [-0.3, -0.25) is 19.7 Å². The van der Waals surface area contributed by atoms with Crippen LogP contribution in [0.25, 0.3) is 0 Å². The van der Waals surface area contributed by atoms with Crippen molar-refractivity contribution < 1.29 is 19.2 Å². The Balaban J connectivity index is 1.42. The van der Waals surface area contributed by atoms with Crippen molar-refractivity contribution in [2.24, 2.45) is 0 Å². The highest BCUT2D eigenvalue weighted by Gasteiger charge is 2.21. The monoisotopic (exact) mass is 474 g/mol. The van der Waals surface area contributed by atoms with Gasteiger partial charge >= 0.3 is 0 Å². The normalized spacial score (nSPS) is 14.8. The molecule has 1 aliphatic heterocycles. The van der Waals surface area contributed by atoms with Crippen molar-refractivity contribution in [1.82, 2.24) is 0 Å². The fourth-order valence-electron chi connectivity index (χ4n) is 3.86. The zero-order chi connectivity index (χ0) is 24.8. The summed E-state index contributed by atoms with van der Waals surface area (Å²) in [6, 6.07) is 20.1. The molecule has 2 amide bonds. The fourth-order valence-corrected chi connectivity index (χ4v) is 3.86. The molecule has 3 aromatic carbocycles. The van der Waals surface area contributed by atoms with Crippen LogP contribution in [0.3, 0.4) is 0 Å². The van der Waals surface area contributed by atoms with E-state index in [9.17, 15) is 19.7 Å². The largest absolute Gasteiger partial charge is 0.377 e. The minimum absolute atomic E-state index is 0.0277. The lowest BCUT2D eigenvalue weighted by Gasteiger charge is -2.17. The van der Waals surface area contributed by atoms with Crippen molar-refractivity contribution >= 4 is 34.6 Å². The van der Waals surface area contributed by atoms with Crippen LogP contribution in [0, 0.1) is 10.1 Å². The number of nitrogens with one attached hydrogen (secondary N) is 2. The first-order valence-electron chi connectivity index (χ1n) is 11.3. The molecule has 9 heteroatoms. The van der Waals surface area contributed by atoms with E-state index in [0.29, 0.717) is 30.1 Å². The van der Waals surface area contributed by atoms with Crippen molar-refractivity contribution in [2.45, 2.75) is 18.9 Å². The number of rotatable bonds is 8. The number of hydrogen-bond donors (Lipinski definition) is 2. The molecular weight excluding hydrogens is 448 g/mol. The minimum atomic E-state index is -0.516. The number of carbonyl (C=O) groups excluding carboxylic acids is 2. The number of nitro groups is 1. The molecule has 35 heavy (non-hydrogen) atoms. The summed E-state index contributed by atoms with van der Waals surface area (Å²) >= 11 is 0. The highest BCUT2D eigenvalue weighted by Crippen LogP contribution is 2.27. The average Bonchev–Trinajstić information content (AvgIpc) is 3.41. The van der Waals surface area contributed by atoms with Crippen molar-refractivity contribution in [1.29, 1.82) is 0 Å². The summed E-state index contributed by atoms with van der Waals surface area (Å²) in [6.45, 7) is 1.17. The number of para-hydroxylation sites is 1. The fraction of sp³-hybridized carbons (Fsp3) is 0.231. The van der Waals surface area contributed by atoms with Crippen molar-refractivity contribution in [3.05, 3.63) is 94.0 Å². The van der Waals surface area contributed by atoms with Crippen LogP contribution in [0.5, 0.6) is 0 Å². The molecule has 0 bridgehead atoms. The summed E-state index contributed by atoms with van der Waals surface area (Å²) in [7, 11) is 1.69. The minimum Gasteiger partial charge on any atom is -0.377 e. The molecule has 0 aliphatic carbocycles. The van der Waals surface area contributed by atoms with Crippen LogP contribution in [0.2, 0.25) is 0 Å². The molecule has 1 aliphatic rings. The first kappa shape index (κ1) is 23.9.